The first-order valence-electron chi connectivity index (χ1n) is 1.84. The molecule has 0 heterocycles. The van der Waals surface area contributed by atoms with Gasteiger partial charge in [0.25, 0.3) is 0 Å². The predicted octanol–water partition coefficient (Wildman–Crippen LogP) is -10.7. The van der Waals surface area contributed by atoms with E-state index in [1.165, 1.54) is 0 Å². The van der Waals surface area contributed by atoms with Crippen LogP contribution in [0.15, 0.2) is 0 Å². The second-order valence-corrected chi connectivity index (χ2v) is 2.25. The van der Waals surface area contributed by atoms with Crippen LogP contribution in [0.4, 0.5) is 0 Å². The van der Waals surface area contributed by atoms with Crippen LogP contribution in [0.25, 0.3) is 0 Å². The Morgan fingerprint density at radius 2 is 0.500 bits per heavy atom. The maximum absolute atomic E-state index is 8.52. The van der Waals surface area contributed by atoms with Crippen molar-refractivity contribution in [3.8, 4) is 0 Å². The van der Waals surface area contributed by atoms with E-state index in [0.29, 0.717) is 0 Å². The Labute approximate surface area is 202 Å². The molecule has 0 bridgehead atoms. The Hall–Kier alpha value is 3.19. The van der Waals surface area contributed by atoms with E-state index in [9.17, 15) is 0 Å². The summed E-state index contributed by atoms with van der Waals surface area (Å²) in [6.07, 6.45) is 0. The molecule has 0 aliphatic rings. The molecular formula is H2Al2K2O9Si3. The molecule has 0 N–H and O–H groups in total. The van der Waals surface area contributed by atoms with Crippen molar-refractivity contribution in [2.75, 3.05) is 0 Å². The zero-order valence-electron chi connectivity index (χ0n) is 6.33. The van der Waals surface area contributed by atoms with Crippen molar-refractivity contribution in [1.82, 2.24) is 0 Å². The minimum atomic E-state index is -3.63. The fourth-order valence-corrected chi connectivity index (χ4v) is 0. The molecule has 0 saturated heterocycles. The molecule has 16 heteroatoms. The zero-order valence-corrected chi connectivity index (χ0v) is 11.6. The van der Waals surface area contributed by atoms with Crippen molar-refractivity contribution >= 4 is 165 Å². The first-order valence-corrected chi connectivity index (χ1v) is 5.51. The van der Waals surface area contributed by atoms with Crippen molar-refractivity contribution in [2.45, 2.75) is 0 Å². The summed E-state index contributed by atoms with van der Waals surface area (Å²) in [6.45, 7) is 0. The summed E-state index contributed by atoms with van der Waals surface area (Å²) in [5.74, 6) is 0. The monoisotopic (exact) mass is 362 g/mol. The SMILES string of the molecule is O=[Si]([O-])[O-].O=[Si]([O-])[O-].O=[Si]([O-])[O-].[Al+3].[Al+3].[KH].[KH]. The van der Waals surface area contributed by atoms with E-state index in [1.807, 2.05) is 0 Å². The molecule has 0 unspecified atom stereocenters. The van der Waals surface area contributed by atoms with Crippen LogP contribution in [0.2, 0.25) is 0 Å². The van der Waals surface area contributed by atoms with Gasteiger partial charge in [0.05, 0.1) is 0 Å². The summed E-state index contributed by atoms with van der Waals surface area (Å²) in [5, 5.41) is 0. The summed E-state index contributed by atoms with van der Waals surface area (Å²) < 4.78 is 25.6. The van der Waals surface area contributed by atoms with Gasteiger partial charge in [-0.3, -0.25) is 0 Å². The van der Waals surface area contributed by atoms with Crippen LogP contribution in [-0.4, -0.2) is 165 Å². The van der Waals surface area contributed by atoms with Crippen LogP contribution in [-0.2, 0) is 13.4 Å². The maximum atomic E-state index is 8.52. The molecule has 0 aromatic carbocycles. The molecule has 0 amide bonds. The quantitative estimate of drug-likeness (QED) is 0.376. The van der Waals surface area contributed by atoms with Crippen molar-refractivity contribution in [1.29, 1.82) is 0 Å². The molecule has 0 aromatic heterocycles. The third kappa shape index (κ3) is 443. The number of hydrogen-bond acceptors (Lipinski definition) is 9. The molecule has 0 rings (SSSR count). The van der Waals surface area contributed by atoms with E-state index >= 15 is 0 Å². The van der Waals surface area contributed by atoms with E-state index in [1.54, 1.807) is 0 Å². The van der Waals surface area contributed by atoms with E-state index in [2.05, 4.69) is 0 Å². The van der Waals surface area contributed by atoms with Gasteiger partial charge in [-0.1, -0.05) is 0 Å². The van der Waals surface area contributed by atoms with E-state index < -0.39 is 27.5 Å². The zero-order chi connectivity index (χ0) is 10.7. The van der Waals surface area contributed by atoms with Gasteiger partial charge in [-0.2, -0.15) is 0 Å². The van der Waals surface area contributed by atoms with Gasteiger partial charge >= 0.3 is 137 Å². The Bertz CT molecular complexity index is 124. The Kier molecular flexibility index (Phi) is 96.6. The van der Waals surface area contributed by atoms with Crippen molar-refractivity contribution in [3.05, 3.63) is 0 Å². The molecule has 9 nitrogen and oxygen atoms in total. The molecule has 16 heavy (non-hydrogen) atoms. The van der Waals surface area contributed by atoms with Crippen molar-refractivity contribution in [3.63, 3.8) is 0 Å². The van der Waals surface area contributed by atoms with Gasteiger partial charge < -0.3 is 42.2 Å². The van der Waals surface area contributed by atoms with Gasteiger partial charge in [0.15, 0.2) is 0 Å². The third-order valence-corrected chi connectivity index (χ3v) is 0. The van der Waals surface area contributed by atoms with Crippen LogP contribution < -0.4 is 28.8 Å². The molecule has 0 aromatic rings. The minimum absolute atomic E-state index is 0. The molecule has 0 aliphatic heterocycles. The van der Waals surface area contributed by atoms with E-state index in [-0.39, 0.29) is 137 Å². The second-order valence-electron chi connectivity index (χ2n) is 0.750. The second kappa shape index (κ2) is 36.2. The average Bonchev–Trinajstić information content (AvgIpc) is 1.54. The Morgan fingerprint density at radius 1 is 0.500 bits per heavy atom. The van der Waals surface area contributed by atoms with Crippen LogP contribution in [0, 0.1) is 0 Å². The van der Waals surface area contributed by atoms with Crippen molar-refractivity contribution in [2.24, 2.45) is 0 Å². The van der Waals surface area contributed by atoms with E-state index in [0.717, 1.165) is 0 Å². The summed E-state index contributed by atoms with van der Waals surface area (Å²) in [5.41, 5.74) is 0. The predicted molar refractivity (Wildman–Crippen MR) is 45.1 cm³/mol. The molecule has 0 saturated carbocycles. The summed E-state index contributed by atoms with van der Waals surface area (Å²) in [6, 6.07) is 0. The number of hydrogen-bond donors (Lipinski definition) is 0. The van der Waals surface area contributed by atoms with Gasteiger partial charge in [0.2, 0.25) is 0 Å². The third-order valence-electron chi connectivity index (χ3n) is 0. The molecule has 0 spiro atoms. The first-order chi connectivity index (χ1) is 5.20. The molecule has 76 valence electrons. The van der Waals surface area contributed by atoms with Crippen LogP contribution in [0.5, 0.6) is 0 Å². The standard InChI is InChI=1S/2Al.2K.3O3Si.2H/c;;;;3*1-4(2)3;;/q2*+3;;;3*-2;;. The average molecular weight is 362 g/mol. The summed E-state index contributed by atoms with van der Waals surface area (Å²) in [7, 11) is -10.9. The van der Waals surface area contributed by atoms with Gasteiger partial charge in [0, 0.05) is 27.5 Å². The summed E-state index contributed by atoms with van der Waals surface area (Å²) in [4.78, 5) is 51.1. The van der Waals surface area contributed by atoms with Gasteiger partial charge in [-0.15, -0.1) is 0 Å². The van der Waals surface area contributed by atoms with Crippen LogP contribution >= 0.6 is 0 Å². The molecule has 0 atom stereocenters. The molecule has 0 fully saturated rings. The van der Waals surface area contributed by atoms with Crippen LogP contribution in [0.1, 0.15) is 0 Å². The summed E-state index contributed by atoms with van der Waals surface area (Å²) >= 11 is 0. The van der Waals surface area contributed by atoms with Crippen LogP contribution in [0.3, 0.4) is 0 Å². The topological polar surface area (TPSA) is 190 Å². The Morgan fingerprint density at radius 3 is 0.500 bits per heavy atom. The van der Waals surface area contributed by atoms with Gasteiger partial charge in [-0.25, -0.2) is 0 Å². The van der Waals surface area contributed by atoms with Gasteiger partial charge in [0.1, 0.15) is 0 Å². The normalized spacial score (nSPS) is 4.50. The van der Waals surface area contributed by atoms with Crippen molar-refractivity contribution < 1.29 is 42.2 Å². The fourth-order valence-electron chi connectivity index (χ4n) is 0. The number of rotatable bonds is 0. The fraction of sp³-hybridized carbons (Fsp3) is 0. The molecule has 0 aliphatic carbocycles. The first kappa shape index (κ1) is 42.7. The molecular weight excluding hydrogens is 360 g/mol. The van der Waals surface area contributed by atoms with Gasteiger partial charge in [-0.05, 0) is 0 Å². The Balaban J connectivity index is -0.0000000135. The molecule has 0 radical (unpaired) electrons. The van der Waals surface area contributed by atoms with E-state index in [4.69, 9.17) is 42.2 Å².